The number of amides is 1. The van der Waals surface area contributed by atoms with Crippen LogP contribution in [0.2, 0.25) is 0 Å². The van der Waals surface area contributed by atoms with E-state index in [9.17, 15) is 4.79 Å². The molecule has 3 aromatic heterocycles. The Bertz CT molecular complexity index is 1160. The first-order valence-electron chi connectivity index (χ1n) is 8.98. The Morgan fingerprint density at radius 2 is 1.96 bits per heavy atom. The number of benzene rings is 1. The van der Waals surface area contributed by atoms with Gasteiger partial charge in [-0.05, 0) is 44.2 Å². The molecular formula is C21H21N5O2. The van der Waals surface area contributed by atoms with Gasteiger partial charge in [-0.2, -0.15) is 0 Å². The first-order chi connectivity index (χ1) is 13.6. The number of aryl methyl sites for hydroxylation is 1. The number of fused-ring (bicyclic) bond motifs is 1. The van der Waals surface area contributed by atoms with Crippen molar-refractivity contribution >= 4 is 11.6 Å². The number of rotatable bonds is 5. The first kappa shape index (κ1) is 17.8. The van der Waals surface area contributed by atoms with Gasteiger partial charge in [-0.15, -0.1) is 10.2 Å². The van der Waals surface area contributed by atoms with E-state index >= 15 is 0 Å². The average molecular weight is 375 g/mol. The van der Waals surface area contributed by atoms with E-state index in [1.54, 1.807) is 7.11 Å². The summed E-state index contributed by atoms with van der Waals surface area (Å²) in [5, 5.41) is 11.2. The van der Waals surface area contributed by atoms with E-state index < -0.39 is 0 Å². The fourth-order valence-electron chi connectivity index (χ4n) is 3.41. The molecule has 0 aliphatic carbocycles. The first-order valence-corrected chi connectivity index (χ1v) is 8.98. The van der Waals surface area contributed by atoms with E-state index in [0.29, 0.717) is 17.9 Å². The number of aromatic nitrogens is 4. The minimum atomic E-state index is -0.144. The van der Waals surface area contributed by atoms with Crippen LogP contribution in [-0.2, 0) is 6.54 Å². The fraction of sp³-hybridized carbons (Fsp3) is 0.190. The number of nitrogens with one attached hydrogen (secondary N) is 1. The van der Waals surface area contributed by atoms with Crippen LogP contribution in [0.25, 0.3) is 11.3 Å². The predicted molar refractivity (Wildman–Crippen MR) is 106 cm³/mol. The van der Waals surface area contributed by atoms with Crippen molar-refractivity contribution in [2.75, 3.05) is 7.11 Å². The molecule has 4 aromatic rings. The summed E-state index contributed by atoms with van der Waals surface area (Å²) >= 11 is 0. The molecule has 142 valence electrons. The van der Waals surface area contributed by atoms with Crippen molar-refractivity contribution in [1.82, 2.24) is 24.5 Å². The maximum Gasteiger partial charge on any atom is 0.253 e. The molecule has 4 rings (SSSR count). The van der Waals surface area contributed by atoms with Gasteiger partial charge in [0, 0.05) is 29.3 Å². The summed E-state index contributed by atoms with van der Waals surface area (Å²) in [5.41, 5.74) is 4.19. The fourth-order valence-corrected chi connectivity index (χ4v) is 3.41. The molecule has 0 bridgehead atoms. The standard InChI is InChI=1S/C21H21N5O2/c1-14-11-18(15(2)26(14)16-7-6-8-17(12-16)28-3)21(27)22-13-20-24-23-19-9-4-5-10-25(19)20/h4-12H,13H2,1-3H3,(H,22,27). The van der Waals surface area contributed by atoms with Crippen molar-refractivity contribution in [3.63, 3.8) is 0 Å². The quantitative estimate of drug-likeness (QED) is 0.582. The van der Waals surface area contributed by atoms with Crippen LogP contribution < -0.4 is 10.1 Å². The van der Waals surface area contributed by atoms with Gasteiger partial charge in [0.15, 0.2) is 11.5 Å². The maximum absolute atomic E-state index is 12.8. The van der Waals surface area contributed by atoms with Gasteiger partial charge in [-0.3, -0.25) is 9.20 Å². The number of nitrogens with zero attached hydrogens (tertiary/aromatic N) is 4. The topological polar surface area (TPSA) is 73.4 Å². The Labute approximate surface area is 162 Å². The summed E-state index contributed by atoms with van der Waals surface area (Å²) in [4.78, 5) is 12.8. The lowest BCUT2D eigenvalue weighted by Gasteiger charge is -2.11. The Morgan fingerprint density at radius 1 is 1.11 bits per heavy atom. The van der Waals surface area contributed by atoms with Crippen molar-refractivity contribution in [2.45, 2.75) is 20.4 Å². The molecule has 7 nitrogen and oxygen atoms in total. The predicted octanol–water partition coefficient (Wildman–Crippen LogP) is 3.08. The smallest absolute Gasteiger partial charge is 0.253 e. The maximum atomic E-state index is 12.8. The summed E-state index contributed by atoms with van der Waals surface area (Å²) in [6.07, 6.45) is 1.88. The van der Waals surface area contributed by atoms with Gasteiger partial charge in [-0.25, -0.2) is 0 Å². The highest BCUT2D eigenvalue weighted by atomic mass is 16.5. The average Bonchev–Trinajstić information content (AvgIpc) is 3.26. The highest BCUT2D eigenvalue weighted by Gasteiger charge is 2.17. The molecule has 0 aliphatic heterocycles. The van der Waals surface area contributed by atoms with Gasteiger partial charge < -0.3 is 14.6 Å². The van der Waals surface area contributed by atoms with Crippen molar-refractivity contribution in [2.24, 2.45) is 0 Å². The molecule has 0 atom stereocenters. The monoisotopic (exact) mass is 375 g/mol. The number of hydrogen-bond donors (Lipinski definition) is 1. The zero-order valence-electron chi connectivity index (χ0n) is 16.0. The molecule has 28 heavy (non-hydrogen) atoms. The van der Waals surface area contributed by atoms with Crippen molar-refractivity contribution in [3.8, 4) is 11.4 Å². The summed E-state index contributed by atoms with van der Waals surface area (Å²) in [5.74, 6) is 1.31. The zero-order chi connectivity index (χ0) is 19.7. The Hall–Kier alpha value is -3.61. The lowest BCUT2D eigenvalue weighted by molar-refractivity contribution is 0.0949. The number of methoxy groups -OCH3 is 1. The van der Waals surface area contributed by atoms with Crippen molar-refractivity contribution in [3.05, 3.63) is 77.5 Å². The highest BCUT2D eigenvalue weighted by molar-refractivity contribution is 5.95. The number of ether oxygens (including phenoxy) is 1. The van der Waals surface area contributed by atoms with Gasteiger partial charge in [0.2, 0.25) is 0 Å². The van der Waals surface area contributed by atoms with Gasteiger partial charge in [0.05, 0.1) is 19.2 Å². The van der Waals surface area contributed by atoms with E-state index in [4.69, 9.17) is 4.74 Å². The molecular weight excluding hydrogens is 354 g/mol. The molecule has 3 heterocycles. The molecule has 7 heteroatoms. The van der Waals surface area contributed by atoms with Crippen molar-refractivity contribution < 1.29 is 9.53 Å². The van der Waals surface area contributed by atoms with Crippen LogP contribution in [0, 0.1) is 13.8 Å². The Morgan fingerprint density at radius 3 is 2.79 bits per heavy atom. The second-order valence-corrected chi connectivity index (χ2v) is 6.55. The van der Waals surface area contributed by atoms with Crippen LogP contribution in [0.4, 0.5) is 0 Å². The number of pyridine rings is 1. The van der Waals surface area contributed by atoms with Crippen LogP contribution in [0.15, 0.2) is 54.7 Å². The van der Waals surface area contributed by atoms with Crippen LogP contribution >= 0.6 is 0 Å². The van der Waals surface area contributed by atoms with Crippen LogP contribution in [0.3, 0.4) is 0 Å². The molecule has 0 unspecified atom stereocenters. The molecule has 0 saturated heterocycles. The van der Waals surface area contributed by atoms with E-state index in [0.717, 1.165) is 28.5 Å². The zero-order valence-corrected chi connectivity index (χ0v) is 16.0. The second kappa shape index (κ2) is 7.19. The minimum Gasteiger partial charge on any atom is -0.497 e. The lowest BCUT2D eigenvalue weighted by atomic mass is 10.2. The van der Waals surface area contributed by atoms with Gasteiger partial charge in [0.25, 0.3) is 5.91 Å². The van der Waals surface area contributed by atoms with Crippen molar-refractivity contribution in [1.29, 1.82) is 0 Å². The molecule has 1 N–H and O–H groups in total. The molecule has 1 amide bonds. The molecule has 0 aliphatic rings. The van der Waals surface area contributed by atoms with Gasteiger partial charge in [0.1, 0.15) is 5.75 Å². The summed E-state index contributed by atoms with van der Waals surface area (Å²) in [6.45, 7) is 4.22. The van der Waals surface area contributed by atoms with Crippen LogP contribution in [-0.4, -0.2) is 32.2 Å². The minimum absolute atomic E-state index is 0.144. The molecule has 0 saturated carbocycles. The summed E-state index contributed by atoms with van der Waals surface area (Å²) in [6, 6.07) is 15.4. The largest absolute Gasteiger partial charge is 0.497 e. The third-order valence-corrected chi connectivity index (χ3v) is 4.78. The van der Waals surface area contributed by atoms with E-state index in [2.05, 4.69) is 15.5 Å². The molecule has 0 radical (unpaired) electrons. The normalized spacial score (nSPS) is 11.0. The number of hydrogen-bond acceptors (Lipinski definition) is 4. The molecule has 1 aromatic carbocycles. The molecule has 0 spiro atoms. The lowest BCUT2D eigenvalue weighted by Crippen LogP contribution is -2.24. The van der Waals surface area contributed by atoms with E-state index in [-0.39, 0.29) is 5.91 Å². The summed E-state index contributed by atoms with van der Waals surface area (Å²) < 4.78 is 9.22. The third kappa shape index (κ3) is 3.11. The third-order valence-electron chi connectivity index (χ3n) is 4.78. The van der Waals surface area contributed by atoms with Crippen LogP contribution in [0.1, 0.15) is 27.6 Å². The number of carbonyl (C=O) groups is 1. The Balaban J connectivity index is 1.58. The highest BCUT2D eigenvalue weighted by Crippen LogP contribution is 2.23. The Kier molecular flexibility index (Phi) is 4.57. The molecule has 0 fully saturated rings. The second-order valence-electron chi connectivity index (χ2n) is 6.55. The van der Waals surface area contributed by atoms with E-state index in [1.165, 1.54) is 0 Å². The van der Waals surface area contributed by atoms with Gasteiger partial charge >= 0.3 is 0 Å². The SMILES string of the molecule is COc1cccc(-n2c(C)cc(C(=O)NCc3nnc4ccccn34)c2C)c1. The van der Waals surface area contributed by atoms with Crippen LogP contribution in [0.5, 0.6) is 5.75 Å². The van der Waals surface area contributed by atoms with E-state index in [1.807, 2.05) is 77.5 Å². The van der Waals surface area contributed by atoms with Gasteiger partial charge in [-0.1, -0.05) is 12.1 Å². The summed E-state index contributed by atoms with van der Waals surface area (Å²) in [7, 11) is 1.64. The number of carbonyl (C=O) groups excluding carboxylic acids is 1.